The first-order valence-electron chi connectivity index (χ1n) is 4.70. The summed E-state index contributed by atoms with van der Waals surface area (Å²) in [6.07, 6.45) is -4.46. The Balaban J connectivity index is 2.59. The molecule has 0 aliphatic heterocycles. The normalized spacial score (nSPS) is 11.3. The third-order valence-corrected chi connectivity index (χ3v) is 1.80. The van der Waals surface area contributed by atoms with Gasteiger partial charge in [0.15, 0.2) is 6.79 Å². The van der Waals surface area contributed by atoms with Gasteiger partial charge in [0.2, 0.25) is 0 Å². The number of carbonyl (C=O) groups is 1. The average molecular weight is 265 g/mol. The van der Waals surface area contributed by atoms with Gasteiger partial charge in [0, 0.05) is 5.69 Å². The Morgan fingerprint density at radius 2 is 2.06 bits per heavy atom. The summed E-state index contributed by atoms with van der Waals surface area (Å²) in [6, 6.07) is 3.75. The highest BCUT2D eigenvalue weighted by Gasteiger charge is 2.27. The van der Waals surface area contributed by atoms with Crippen molar-refractivity contribution in [1.29, 1.82) is 0 Å². The van der Waals surface area contributed by atoms with Gasteiger partial charge in [-0.15, -0.1) is 0 Å². The molecule has 0 aliphatic carbocycles. The summed E-state index contributed by atoms with van der Waals surface area (Å²) in [4.78, 5) is 10.8. The molecule has 1 aromatic carbocycles. The number of rotatable bonds is 5. The smallest absolute Gasteiger partial charge is 0.411 e. The van der Waals surface area contributed by atoms with Gasteiger partial charge in [0.05, 0.1) is 0 Å². The number of ether oxygens (including phenoxy) is 2. The highest BCUT2D eigenvalue weighted by molar-refractivity contribution is 5.92. The fourth-order valence-corrected chi connectivity index (χ4v) is 1.10. The molecule has 3 N–H and O–H groups in total. The molecule has 0 atom stereocenters. The van der Waals surface area contributed by atoms with E-state index >= 15 is 0 Å². The molecule has 1 rings (SSSR count). The molecule has 8 heteroatoms. The van der Waals surface area contributed by atoms with Gasteiger partial charge in [0.1, 0.15) is 17.9 Å². The molecule has 0 saturated carbocycles. The fraction of sp³-hybridized carbons (Fsp3) is 0.300. The van der Waals surface area contributed by atoms with Gasteiger partial charge < -0.3 is 20.3 Å². The molecule has 1 aromatic rings. The van der Waals surface area contributed by atoms with Crippen LogP contribution in [0.5, 0.6) is 5.75 Å². The number of carboxylic acids is 1. The first-order valence-corrected chi connectivity index (χ1v) is 4.70. The lowest BCUT2D eigenvalue weighted by molar-refractivity contribution is -0.186. The highest BCUT2D eigenvalue weighted by Crippen LogP contribution is 2.22. The summed E-state index contributed by atoms with van der Waals surface area (Å²) in [6.45, 7) is -2.17. The van der Waals surface area contributed by atoms with Crippen molar-refractivity contribution in [3.8, 4) is 5.75 Å². The van der Waals surface area contributed by atoms with E-state index in [9.17, 15) is 18.0 Å². The molecule has 0 spiro atoms. The van der Waals surface area contributed by atoms with E-state index in [1.807, 2.05) is 0 Å². The van der Waals surface area contributed by atoms with E-state index in [0.29, 0.717) is 0 Å². The maximum atomic E-state index is 11.8. The minimum atomic E-state index is -4.46. The Morgan fingerprint density at radius 3 is 2.61 bits per heavy atom. The molecule has 18 heavy (non-hydrogen) atoms. The van der Waals surface area contributed by atoms with Crippen molar-refractivity contribution < 1.29 is 32.5 Å². The number of alkyl halides is 3. The number of nitrogen functional groups attached to an aromatic ring is 1. The largest absolute Gasteiger partial charge is 0.478 e. The maximum absolute atomic E-state index is 11.8. The van der Waals surface area contributed by atoms with Gasteiger partial charge >= 0.3 is 12.1 Å². The molecule has 0 amide bonds. The molecular formula is C10H10F3NO4. The predicted octanol–water partition coefficient (Wildman–Crippen LogP) is 1.88. The van der Waals surface area contributed by atoms with Crippen LogP contribution < -0.4 is 10.5 Å². The van der Waals surface area contributed by atoms with Gasteiger partial charge in [-0.05, 0) is 18.2 Å². The van der Waals surface area contributed by atoms with Gasteiger partial charge in [-0.3, -0.25) is 0 Å². The Bertz CT molecular complexity index is 434. The number of nitrogens with two attached hydrogens (primary N) is 1. The lowest BCUT2D eigenvalue weighted by atomic mass is 10.2. The van der Waals surface area contributed by atoms with Crippen LogP contribution >= 0.6 is 0 Å². The molecule has 0 radical (unpaired) electrons. The predicted molar refractivity (Wildman–Crippen MR) is 55.3 cm³/mol. The molecule has 0 aliphatic rings. The van der Waals surface area contributed by atoms with Crippen LogP contribution in [-0.2, 0) is 4.74 Å². The molecular weight excluding hydrogens is 255 g/mol. The number of aromatic carboxylic acids is 1. The SMILES string of the molecule is Nc1ccc(OCOCC(F)(F)F)c(C(=O)O)c1. The zero-order chi connectivity index (χ0) is 13.8. The van der Waals surface area contributed by atoms with Crippen LogP contribution in [0.4, 0.5) is 18.9 Å². The second kappa shape index (κ2) is 5.58. The second-order valence-corrected chi connectivity index (χ2v) is 3.29. The Hall–Kier alpha value is -1.96. The minimum Gasteiger partial charge on any atom is -0.478 e. The summed E-state index contributed by atoms with van der Waals surface area (Å²) < 4.78 is 44.2. The van der Waals surface area contributed by atoms with Crippen LogP contribution in [0.25, 0.3) is 0 Å². The van der Waals surface area contributed by atoms with E-state index in [-0.39, 0.29) is 17.0 Å². The van der Waals surface area contributed by atoms with Crippen LogP contribution in [0.2, 0.25) is 0 Å². The summed E-state index contributed by atoms with van der Waals surface area (Å²) in [5, 5.41) is 8.82. The summed E-state index contributed by atoms with van der Waals surface area (Å²) >= 11 is 0. The Morgan fingerprint density at radius 1 is 1.39 bits per heavy atom. The van der Waals surface area contributed by atoms with Crippen molar-refractivity contribution in [2.75, 3.05) is 19.1 Å². The number of halogens is 3. The van der Waals surface area contributed by atoms with Crippen molar-refractivity contribution in [2.45, 2.75) is 6.18 Å². The van der Waals surface area contributed by atoms with Crippen LogP contribution in [0.15, 0.2) is 18.2 Å². The number of hydrogen-bond acceptors (Lipinski definition) is 4. The van der Waals surface area contributed by atoms with Crippen molar-refractivity contribution in [3.63, 3.8) is 0 Å². The van der Waals surface area contributed by atoms with Crippen molar-refractivity contribution in [3.05, 3.63) is 23.8 Å². The fourth-order valence-electron chi connectivity index (χ4n) is 1.10. The highest BCUT2D eigenvalue weighted by atomic mass is 19.4. The molecule has 100 valence electrons. The summed E-state index contributed by atoms with van der Waals surface area (Å²) in [5.41, 5.74) is 5.34. The van der Waals surface area contributed by atoms with Crippen molar-refractivity contribution in [1.82, 2.24) is 0 Å². The molecule has 5 nitrogen and oxygen atoms in total. The standard InChI is InChI=1S/C10H10F3NO4/c11-10(12,13)4-17-5-18-8-2-1-6(14)3-7(8)9(15)16/h1-3H,4-5,14H2,(H,15,16). The molecule has 0 unspecified atom stereocenters. The molecule has 0 saturated heterocycles. The van der Waals surface area contributed by atoms with E-state index in [4.69, 9.17) is 15.6 Å². The van der Waals surface area contributed by atoms with Gasteiger partial charge in [-0.2, -0.15) is 13.2 Å². The second-order valence-electron chi connectivity index (χ2n) is 3.29. The topological polar surface area (TPSA) is 81.8 Å². The lowest BCUT2D eigenvalue weighted by Gasteiger charge is -2.11. The van der Waals surface area contributed by atoms with E-state index in [1.165, 1.54) is 12.1 Å². The molecule has 0 fully saturated rings. The van der Waals surface area contributed by atoms with Crippen LogP contribution in [0.1, 0.15) is 10.4 Å². The monoisotopic (exact) mass is 265 g/mol. The molecule has 0 bridgehead atoms. The zero-order valence-corrected chi connectivity index (χ0v) is 9.03. The zero-order valence-electron chi connectivity index (χ0n) is 9.03. The van der Waals surface area contributed by atoms with Crippen molar-refractivity contribution >= 4 is 11.7 Å². The van der Waals surface area contributed by atoms with Crippen molar-refractivity contribution in [2.24, 2.45) is 0 Å². The maximum Gasteiger partial charge on any atom is 0.411 e. The van der Waals surface area contributed by atoms with E-state index in [2.05, 4.69) is 4.74 Å². The number of benzene rings is 1. The first-order chi connectivity index (χ1) is 8.29. The number of carboxylic acid groups (broad SMARTS) is 1. The van der Waals surface area contributed by atoms with E-state index < -0.39 is 25.5 Å². The van der Waals surface area contributed by atoms with Crippen LogP contribution in [-0.4, -0.2) is 30.7 Å². The molecule has 0 heterocycles. The van der Waals surface area contributed by atoms with Gasteiger partial charge in [0.25, 0.3) is 0 Å². The summed E-state index contributed by atoms with van der Waals surface area (Å²) in [7, 11) is 0. The lowest BCUT2D eigenvalue weighted by Crippen LogP contribution is -2.19. The van der Waals surface area contributed by atoms with Gasteiger partial charge in [-0.1, -0.05) is 0 Å². The summed E-state index contributed by atoms with van der Waals surface area (Å²) in [5.74, 6) is -1.41. The minimum absolute atomic E-state index is 0.112. The number of anilines is 1. The Labute approximate surface area is 99.9 Å². The van der Waals surface area contributed by atoms with Crippen LogP contribution in [0.3, 0.4) is 0 Å². The third-order valence-electron chi connectivity index (χ3n) is 1.80. The first kappa shape index (κ1) is 14.1. The average Bonchev–Trinajstić information content (AvgIpc) is 2.24. The van der Waals surface area contributed by atoms with E-state index in [1.54, 1.807) is 0 Å². The quantitative estimate of drug-likeness (QED) is 0.482. The molecule has 0 aromatic heterocycles. The van der Waals surface area contributed by atoms with E-state index in [0.717, 1.165) is 6.07 Å². The number of hydrogen-bond donors (Lipinski definition) is 2. The van der Waals surface area contributed by atoms with Crippen LogP contribution in [0, 0.1) is 0 Å². The van der Waals surface area contributed by atoms with Gasteiger partial charge in [-0.25, -0.2) is 4.79 Å². The Kier molecular flexibility index (Phi) is 4.38. The third kappa shape index (κ3) is 4.50.